The highest BCUT2D eigenvalue weighted by atomic mass is 35.5. The van der Waals surface area contributed by atoms with Crippen LogP contribution in [-0.2, 0) is 13.0 Å². The average Bonchev–Trinajstić information content (AvgIpc) is 2.95. The minimum absolute atomic E-state index is 0.154. The molecule has 0 spiro atoms. The lowest BCUT2D eigenvalue weighted by atomic mass is 10.0. The molecular formula is C24H28ClN3OS. The van der Waals surface area contributed by atoms with Gasteiger partial charge in [0, 0.05) is 34.6 Å². The maximum atomic E-state index is 12.4. The zero-order chi connectivity index (χ0) is 21.8. The Hall–Kier alpha value is -2.24. The van der Waals surface area contributed by atoms with E-state index in [0.717, 1.165) is 44.6 Å². The van der Waals surface area contributed by atoms with Gasteiger partial charge in [0.25, 0.3) is 5.91 Å². The molecule has 2 aromatic heterocycles. The fourth-order valence-corrected chi connectivity index (χ4v) is 5.48. The molecule has 0 aliphatic carbocycles. The number of halogens is 1. The zero-order valence-electron chi connectivity index (χ0n) is 17.9. The third-order valence-electron chi connectivity index (χ3n) is 5.11. The number of rotatable bonds is 8. The summed E-state index contributed by atoms with van der Waals surface area (Å²) in [6.45, 7) is 8.97. The van der Waals surface area contributed by atoms with Crippen molar-refractivity contribution in [2.45, 2.75) is 62.9 Å². The van der Waals surface area contributed by atoms with Crippen molar-refractivity contribution in [3.63, 3.8) is 0 Å². The summed E-state index contributed by atoms with van der Waals surface area (Å²) in [6.07, 6.45) is 5.61. The number of hydrogen-bond donors (Lipinski definition) is 1. The molecule has 3 aromatic rings. The number of primary amides is 1. The number of nitrogens with zero attached hydrogens (tertiary/aromatic N) is 2. The fraction of sp³-hybridized carbons (Fsp3) is 0.333. The smallest absolute Gasteiger partial charge is 0.250 e. The van der Waals surface area contributed by atoms with Gasteiger partial charge in [-0.2, -0.15) is 0 Å². The van der Waals surface area contributed by atoms with E-state index >= 15 is 0 Å². The molecule has 2 heterocycles. The van der Waals surface area contributed by atoms with Gasteiger partial charge in [0.2, 0.25) is 0 Å². The average molecular weight is 442 g/mol. The number of nitrogens with two attached hydrogens (primary N) is 1. The number of hydrogen-bond acceptors (Lipinski definition) is 3. The van der Waals surface area contributed by atoms with Crippen LogP contribution in [0.3, 0.4) is 0 Å². The van der Waals surface area contributed by atoms with Crippen molar-refractivity contribution in [3.05, 3.63) is 75.7 Å². The van der Waals surface area contributed by atoms with Gasteiger partial charge < -0.3 is 10.3 Å². The van der Waals surface area contributed by atoms with E-state index in [4.69, 9.17) is 17.3 Å². The van der Waals surface area contributed by atoms with Crippen molar-refractivity contribution >= 4 is 29.3 Å². The Labute approximate surface area is 187 Å². The normalized spacial score (nSPS) is 11.3. The molecule has 3 rings (SSSR count). The lowest BCUT2D eigenvalue weighted by Gasteiger charge is -2.15. The van der Waals surface area contributed by atoms with E-state index in [1.807, 2.05) is 31.2 Å². The second-order valence-electron chi connectivity index (χ2n) is 7.79. The first-order valence-corrected chi connectivity index (χ1v) is 11.4. The number of aromatic nitrogens is 2. The highest BCUT2D eigenvalue weighted by Gasteiger charge is 2.26. The quantitative estimate of drug-likeness (QED) is 0.451. The maximum absolute atomic E-state index is 12.4. The van der Waals surface area contributed by atoms with Crippen LogP contribution < -0.4 is 5.73 Å². The lowest BCUT2D eigenvalue weighted by molar-refractivity contribution is 0.0998. The summed E-state index contributed by atoms with van der Waals surface area (Å²) in [5, 5.41) is 1.77. The van der Waals surface area contributed by atoms with Crippen LogP contribution in [0.15, 0.2) is 52.6 Å². The standard InChI is InChI=1S/C24H28ClN3OS/c1-5-6-18-11-19(25)13-20(12-18)30-24-21(15(2)3)22(23(26)29)16(4)28(24)14-17-7-9-27-10-8-17/h7-13,15H,5-6,14H2,1-4H3,(H2,26,29). The van der Waals surface area contributed by atoms with Gasteiger partial charge in [-0.3, -0.25) is 9.78 Å². The topological polar surface area (TPSA) is 60.9 Å². The Morgan fingerprint density at radius 3 is 2.50 bits per heavy atom. The van der Waals surface area contributed by atoms with Crippen LogP contribution in [-0.4, -0.2) is 15.5 Å². The van der Waals surface area contributed by atoms with Crippen molar-refractivity contribution in [1.29, 1.82) is 0 Å². The summed E-state index contributed by atoms with van der Waals surface area (Å²) >= 11 is 8.06. The summed E-state index contributed by atoms with van der Waals surface area (Å²) in [6, 6.07) is 10.2. The van der Waals surface area contributed by atoms with Crippen molar-refractivity contribution in [2.24, 2.45) is 5.73 Å². The minimum Gasteiger partial charge on any atom is -0.366 e. The van der Waals surface area contributed by atoms with Crippen molar-refractivity contribution in [3.8, 4) is 0 Å². The fourth-order valence-electron chi connectivity index (χ4n) is 3.78. The number of benzene rings is 1. The molecule has 4 nitrogen and oxygen atoms in total. The summed E-state index contributed by atoms with van der Waals surface area (Å²) in [7, 11) is 0. The Bertz CT molecular complexity index is 1040. The summed E-state index contributed by atoms with van der Waals surface area (Å²) in [5.41, 5.74) is 10.7. The van der Waals surface area contributed by atoms with Gasteiger partial charge in [-0.1, -0.05) is 50.6 Å². The predicted molar refractivity (Wildman–Crippen MR) is 125 cm³/mol. The molecule has 0 saturated carbocycles. The molecule has 158 valence electrons. The Balaban J connectivity index is 2.16. The SMILES string of the molecule is CCCc1cc(Cl)cc(Sc2c(C(C)C)c(C(N)=O)c(C)n2Cc2ccncc2)c1. The van der Waals surface area contributed by atoms with Gasteiger partial charge in [-0.25, -0.2) is 0 Å². The van der Waals surface area contributed by atoms with Crippen LogP contribution in [0.2, 0.25) is 5.02 Å². The van der Waals surface area contributed by atoms with Crippen LogP contribution in [0.4, 0.5) is 0 Å². The molecule has 0 aliphatic rings. The van der Waals surface area contributed by atoms with Crippen LogP contribution in [0.1, 0.15) is 65.9 Å². The summed E-state index contributed by atoms with van der Waals surface area (Å²) in [4.78, 5) is 17.6. The van der Waals surface area contributed by atoms with Crippen LogP contribution >= 0.6 is 23.4 Å². The van der Waals surface area contributed by atoms with Crippen LogP contribution in [0.5, 0.6) is 0 Å². The number of aryl methyl sites for hydroxylation is 1. The Morgan fingerprint density at radius 1 is 1.20 bits per heavy atom. The molecule has 0 radical (unpaired) electrons. The number of pyridine rings is 1. The Kier molecular flexibility index (Phi) is 7.27. The lowest BCUT2D eigenvalue weighted by Crippen LogP contribution is -2.14. The molecule has 0 unspecified atom stereocenters. The maximum Gasteiger partial charge on any atom is 0.250 e. The number of carbonyl (C=O) groups is 1. The molecule has 6 heteroatoms. The largest absolute Gasteiger partial charge is 0.366 e. The molecule has 0 aliphatic heterocycles. The molecule has 0 atom stereocenters. The second-order valence-corrected chi connectivity index (χ2v) is 9.29. The van der Waals surface area contributed by atoms with Gasteiger partial charge in [0.1, 0.15) is 0 Å². The predicted octanol–water partition coefficient (Wildman–Crippen LogP) is 6.22. The molecule has 1 amide bonds. The molecule has 1 aromatic carbocycles. The molecule has 0 bridgehead atoms. The Morgan fingerprint density at radius 2 is 1.90 bits per heavy atom. The van der Waals surface area contributed by atoms with Crippen molar-refractivity contribution in [2.75, 3.05) is 0 Å². The third-order valence-corrected chi connectivity index (χ3v) is 6.43. The number of amides is 1. The first-order chi connectivity index (χ1) is 14.3. The third kappa shape index (κ3) is 4.90. The molecule has 2 N–H and O–H groups in total. The van der Waals surface area contributed by atoms with Crippen molar-refractivity contribution in [1.82, 2.24) is 9.55 Å². The van der Waals surface area contributed by atoms with Gasteiger partial charge in [-0.05, 0) is 66.3 Å². The summed E-state index contributed by atoms with van der Waals surface area (Å²) in [5.74, 6) is -0.231. The van der Waals surface area contributed by atoms with Crippen LogP contribution in [0, 0.1) is 6.92 Å². The van der Waals surface area contributed by atoms with Gasteiger partial charge in [0.15, 0.2) is 0 Å². The van der Waals surface area contributed by atoms with Crippen molar-refractivity contribution < 1.29 is 4.79 Å². The molecular weight excluding hydrogens is 414 g/mol. The minimum atomic E-state index is -0.385. The first kappa shape index (κ1) is 22.4. The van der Waals surface area contributed by atoms with E-state index in [0.29, 0.717) is 12.1 Å². The molecule has 30 heavy (non-hydrogen) atoms. The summed E-state index contributed by atoms with van der Waals surface area (Å²) < 4.78 is 2.19. The second kappa shape index (κ2) is 9.71. The van der Waals surface area contributed by atoms with E-state index in [9.17, 15) is 4.79 Å². The van der Waals surface area contributed by atoms with E-state index in [1.54, 1.807) is 24.2 Å². The monoisotopic (exact) mass is 441 g/mol. The van der Waals surface area contributed by atoms with E-state index in [-0.39, 0.29) is 11.8 Å². The zero-order valence-corrected chi connectivity index (χ0v) is 19.5. The first-order valence-electron chi connectivity index (χ1n) is 10.2. The molecule has 0 fully saturated rings. The van der Waals surface area contributed by atoms with Gasteiger partial charge in [0.05, 0.1) is 10.6 Å². The van der Waals surface area contributed by atoms with E-state index in [2.05, 4.69) is 36.4 Å². The van der Waals surface area contributed by atoms with E-state index < -0.39 is 0 Å². The van der Waals surface area contributed by atoms with Gasteiger partial charge >= 0.3 is 0 Å². The number of carbonyl (C=O) groups excluding carboxylic acids is 1. The highest BCUT2D eigenvalue weighted by molar-refractivity contribution is 7.99. The van der Waals surface area contributed by atoms with Crippen LogP contribution in [0.25, 0.3) is 0 Å². The van der Waals surface area contributed by atoms with Gasteiger partial charge in [-0.15, -0.1) is 0 Å². The van der Waals surface area contributed by atoms with E-state index in [1.165, 1.54) is 5.56 Å². The molecule has 0 saturated heterocycles. The highest BCUT2D eigenvalue weighted by Crippen LogP contribution is 2.40.